The number of hydrogen-bond acceptors (Lipinski definition) is 5. The molecule has 9 heteroatoms. The Bertz CT molecular complexity index is 1650. The molecule has 0 aromatic heterocycles. The molecule has 1 amide bonds. The van der Waals surface area contributed by atoms with Crippen LogP contribution in [-0.2, 0) is 14.4 Å². The van der Waals surface area contributed by atoms with E-state index in [1.54, 1.807) is 12.1 Å². The number of carbonyl (C=O) groups is 4. The van der Waals surface area contributed by atoms with E-state index in [9.17, 15) is 34.5 Å². The molecule has 5 aliphatic rings. The normalized spacial score (nSPS) is 37.4. The standard InChI is InChI=1S/C43H60N2O7/c1-26(2)29-14-19-43(38(52)44-22-23-45(24-34(46)47)25-35(48)49)21-20-41(6)31(36(29)43)12-13-33-40(5)17-15-30(27-8-10-28(11-9-27)37(50)51)39(3,4)32(40)16-18-42(33,41)7/h8-11,15,29,31-33,36H,1,12-14,16-25H2,2-7H3,(H,44,52)(H,46,47)(H,48,49)(H,50,51)/t29-,31?,32-,33+,36+,40-,41+,42+,43+/m0/s1. The molecule has 4 N–H and O–H groups in total. The number of amides is 1. The summed E-state index contributed by atoms with van der Waals surface area (Å²) in [4.78, 5) is 50.0. The van der Waals surface area contributed by atoms with Gasteiger partial charge in [0.15, 0.2) is 0 Å². The van der Waals surface area contributed by atoms with Gasteiger partial charge in [-0.25, -0.2) is 4.79 Å². The Hall–Kier alpha value is -3.46. The van der Waals surface area contributed by atoms with Crippen molar-refractivity contribution in [2.75, 3.05) is 26.2 Å². The number of aliphatic carboxylic acids is 2. The predicted octanol–water partition coefficient (Wildman–Crippen LogP) is 7.62. The van der Waals surface area contributed by atoms with Crippen LogP contribution in [-0.4, -0.2) is 70.2 Å². The minimum Gasteiger partial charge on any atom is -0.480 e. The molecule has 9 atom stereocenters. The van der Waals surface area contributed by atoms with Gasteiger partial charge in [-0.1, -0.05) is 65.0 Å². The van der Waals surface area contributed by atoms with Crippen molar-refractivity contribution >= 4 is 29.4 Å². The monoisotopic (exact) mass is 716 g/mol. The highest BCUT2D eigenvalue weighted by Crippen LogP contribution is 2.77. The number of carboxylic acids is 3. The fourth-order valence-corrected chi connectivity index (χ4v) is 13.5. The molecule has 1 aromatic rings. The van der Waals surface area contributed by atoms with Gasteiger partial charge in [0.25, 0.3) is 0 Å². The van der Waals surface area contributed by atoms with Gasteiger partial charge in [0, 0.05) is 13.1 Å². The molecule has 0 aliphatic heterocycles. The number of fused-ring (bicyclic) bond motifs is 7. The molecule has 0 heterocycles. The second kappa shape index (κ2) is 13.4. The third kappa shape index (κ3) is 5.93. The molecule has 0 radical (unpaired) electrons. The first kappa shape index (κ1) is 38.3. The first-order chi connectivity index (χ1) is 24.3. The summed E-state index contributed by atoms with van der Waals surface area (Å²) in [5.41, 5.74) is 3.60. The van der Waals surface area contributed by atoms with Crippen LogP contribution in [0.4, 0.5) is 0 Å². The number of hydrogen-bond donors (Lipinski definition) is 4. The van der Waals surface area contributed by atoms with Crippen LogP contribution in [0.3, 0.4) is 0 Å². The van der Waals surface area contributed by atoms with Gasteiger partial charge in [-0.3, -0.25) is 19.3 Å². The molecule has 284 valence electrons. The van der Waals surface area contributed by atoms with E-state index in [2.05, 4.69) is 59.5 Å². The number of aromatic carboxylic acids is 1. The average molecular weight is 717 g/mol. The Morgan fingerprint density at radius 3 is 2.08 bits per heavy atom. The van der Waals surface area contributed by atoms with Crippen LogP contribution in [0.5, 0.6) is 0 Å². The Balaban J connectivity index is 1.27. The van der Waals surface area contributed by atoms with Crippen LogP contribution >= 0.6 is 0 Å². The summed E-state index contributed by atoms with van der Waals surface area (Å²) in [6.07, 6.45) is 11.5. The molecule has 1 aromatic carbocycles. The van der Waals surface area contributed by atoms with Gasteiger partial charge in [-0.2, -0.15) is 0 Å². The van der Waals surface area contributed by atoms with Crippen molar-refractivity contribution in [2.24, 2.45) is 56.7 Å². The van der Waals surface area contributed by atoms with Crippen molar-refractivity contribution in [1.82, 2.24) is 10.2 Å². The highest BCUT2D eigenvalue weighted by atomic mass is 16.4. The van der Waals surface area contributed by atoms with Gasteiger partial charge in [-0.15, -0.1) is 0 Å². The van der Waals surface area contributed by atoms with Gasteiger partial charge in [0.1, 0.15) is 0 Å². The number of benzene rings is 1. The largest absolute Gasteiger partial charge is 0.480 e. The zero-order valence-corrected chi connectivity index (χ0v) is 32.1. The molecule has 0 saturated heterocycles. The molecule has 0 spiro atoms. The van der Waals surface area contributed by atoms with Gasteiger partial charge in [-0.05, 0) is 139 Å². The predicted molar refractivity (Wildman–Crippen MR) is 200 cm³/mol. The quantitative estimate of drug-likeness (QED) is 0.171. The lowest BCUT2D eigenvalue weighted by atomic mass is 9.32. The lowest BCUT2D eigenvalue weighted by molar-refractivity contribution is -0.225. The van der Waals surface area contributed by atoms with E-state index in [0.717, 1.165) is 68.9 Å². The Kier molecular flexibility index (Phi) is 9.89. The van der Waals surface area contributed by atoms with Crippen molar-refractivity contribution < 1.29 is 34.5 Å². The fraction of sp³-hybridized carbons (Fsp3) is 0.674. The van der Waals surface area contributed by atoms with Crippen LogP contribution in [0, 0.1) is 56.7 Å². The Morgan fingerprint density at radius 1 is 0.827 bits per heavy atom. The maximum absolute atomic E-state index is 14.4. The van der Waals surface area contributed by atoms with Crippen molar-refractivity contribution in [3.05, 3.63) is 53.6 Å². The second-order valence-electron chi connectivity index (χ2n) is 18.5. The molecule has 52 heavy (non-hydrogen) atoms. The average Bonchev–Trinajstić information content (AvgIpc) is 3.46. The van der Waals surface area contributed by atoms with Crippen molar-refractivity contribution in [3.63, 3.8) is 0 Å². The fourth-order valence-electron chi connectivity index (χ4n) is 13.5. The second-order valence-corrected chi connectivity index (χ2v) is 18.5. The molecular formula is C43H60N2O7. The first-order valence-electron chi connectivity index (χ1n) is 19.5. The minimum absolute atomic E-state index is 0.0416. The summed E-state index contributed by atoms with van der Waals surface area (Å²) in [7, 11) is 0. The molecule has 0 bridgehead atoms. The van der Waals surface area contributed by atoms with Crippen molar-refractivity contribution in [3.8, 4) is 0 Å². The third-order valence-electron chi connectivity index (χ3n) is 16.0. The maximum atomic E-state index is 14.4. The van der Waals surface area contributed by atoms with E-state index in [4.69, 9.17) is 0 Å². The molecule has 9 nitrogen and oxygen atoms in total. The lowest BCUT2D eigenvalue weighted by Crippen LogP contribution is -2.66. The van der Waals surface area contributed by atoms with Gasteiger partial charge in [0.05, 0.1) is 24.1 Å². The summed E-state index contributed by atoms with van der Waals surface area (Å²) in [5, 5.41) is 31.2. The summed E-state index contributed by atoms with van der Waals surface area (Å²) in [6, 6.07) is 7.40. The summed E-state index contributed by atoms with van der Waals surface area (Å²) in [5.74, 6) is -1.20. The molecule has 5 aliphatic carbocycles. The van der Waals surface area contributed by atoms with E-state index in [0.29, 0.717) is 23.3 Å². The highest BCUT2D eigenvalue weighted by Gasteiger charge is 2.71. The number of carbonyl (C=O) groups excluding carboxylic acids is 1. The van der Waals surface area contributed by atoms with Crippen molar-refractivity contribution in [1.29, 1.82) is 0 Å². The number of carboxylic acid groups (broad SMARTS) is 3. The van der Waals surface area contributed by atoms with Crippen LogP contribution in [0.1, 0.15) is 115 Å². The molecule has 1 unspecified atom stereocenters. The van der Waals surface area contributed by atoms with E-state index >= 15 is 0 Å². The number of nitrogens with zero attached hydrogens (tertiary/aromatic N) is 1. The van der Waals surface area contributed by atoms with Crippen molar-refractivity contribution in [2.45, 2.75) is 99.3 Å². The first-order valence-corrected chi connectivity index (χ1v) is 19.5. The zero-order chi connectivity index (χ0) is 38.0. The van der Waals surface area contributed by atoms with E-state index in [1.165, 1.54) is 10.5 Å². The highest BCUT2D eigenvalue weighted by molar-refractivity contribution is 5.88. The molecule has 4 saturated carbocycles. The maximum Gasteiger partial charge on any atom is 0.335 e. The summed E-state index contributed by atoms with van der Waals surface area (Å²) in [6.45, 7) is 18.7. The lowest BCUT2D eigenvalue weighted by Gasteiger charge is -2.72. The van der Waals surface area contributed by atoms with Gasteiger partial charge < -0.3 is 20.6 Å². The smallest absolute Gasteiger partial charge is 0.335 e. The number of nitrogens with one attached hydrogen (secondary N) is 1. The van der Waals surface area contributed by atoms with Gasteiger partial charge >= 0.3 is 17.9 Å². The molecule has 4 fully saturated rings. The minimum atomic E-state index is -1.09. The number of rotatable bonds is 11. The van der Waals surface area contributed by atoms with Gasteiger partial charge in [0.2, 0.25) is 5.91 Å². The van der Waals surface area contributed by atoms with Crippen LogP contribution in [0.15, 0.2) is 42.5 Å². The Morgan fingerprint density at radius 2 is 1.48 bits per heavy atom. The number of allylic oxidation sites excluding steroid dienone is 3. The molecular weight excluding hydrogens is 656 g/mol. The van der Waals surface area contributed by atoms with E-state index in [-0.39, 0.29) is 65.6 Å². The van der Waals surface area contributed by atoms with E-state index < -0.39 is 23.3 Å². The molecule has 6 rings (SSSR count). The zero-order valence-electron chi connectivity index (χ0n) is 32.1. The van der Waals surface area contributed by atoms with Crippen LogP contribution < -0.4 is 5.32 Å². The van der Waals surface area contributed by atoms with Crippen LogP contribution in [0.2, 0.25) is 0 Å². The topological polar surface area (TPSA) is 144 Å². The summed E-state index contributed by atoms with van der Waals surface area (Å²) >= 11 is 0. The third-order valence-corrected chi connectivity index (χ3v) is 16.0. The summed E-state index contributed by atoms with van der Waals surface area (Å²) < 4.78 is 0. The Labute approximate surface area is 309 Å². The van der Waals surface area contributed by atoms with Crippen LogP contribution in [0.25, 0.3) is 5.57 Å². The van der Waals surface area contributed by atoms with E-state index in [1.807, 2.05) is 12.1 Å². The SMILES string of the molecule is C=C(C)[C@@H]1CC[C@@]2(C(=O)NCCN(CC(=O)O)CC(=O)O)CC[C@]3(C)C(CC[C@@H]4[C@@]5(C)CC=C(c6ccc(C(=O)O)cc6)C(C)(C)[C@@H]5CC[C@]43C)[C@@H]12.